The molecule has 4 aromatic heterocycles. The van der Waals surface area contributed by atoms with Crippen LogP contribution in [0.2, 0.25) is 0 Å². The number of benzene rings is 8. The first kappa shape index (κ1) is 45.3. The molecule has 78 heavy (non-hydrogen) atoms. The highest BCUT2D eigenvalue weighted by atomic mass is 14.9. The zero-order chi connectivity index (χ0) is 52.4. The molecule has 0 unspecified atom stereocenters. The lowest BCUT2D eigenvalue weighted by molar-refractivity contribution is -0.0691. The Labute approximate surface area is 451 Å². The second-order valence-electron chi connectivity index (χ2n) is 22.3. The molecule has 0 saturated heterocycles. The first-order valence-corrected chi connectivity index (χ1v) is 26.4. The van der Waals surface area contributed by atoms with Crippen LogP contribution in [0.15, 0.2) is 170 Å². The van der Waals surface area contributed by atoms with E-state index < -0.39 is 0 Å². The largest absolute Gasteiger partial charge is 0.338 e. The molecule has 4 fully saturated rings. The van der Waals surface area contributed by atoms with Gasteiger partial charge in [0.2, 0.25) is 0 Å². The minimum atomic E-state index is -0.201. The van der Waals surface area contributed by atoms with Crippen LogP contribution in [-0.2, 0) is 21.7 Å². The highest BCUT2D eigenvalue weighted by Gasteiger charge is 2.69. The molecule has 0 aliphatic heterocycles. The normalized spacial score (nSPS) is 21.2. The molecular weight excluding hydrogens is 953 g/mol. The summed E-state index contributed by atoms with van der Waals surface area (Å²) < 4.78 is 0. The van der Waals surface area contributed by atoms with E-state index in [0.717, 1.165) is 150 Å². The lowest BCUT2D eigenvalue weighted by atomic mass is 9.32. The van der Waals surface area contributed by atoms with Gasteiger partial charge in [-0.3, -0.25) is 0 Å². The third-order valence-electron chi connectivity index (χ3n) is 17.7. The summed E-state index contributed by atoms with van der Waals surface area (Å²) in [4.78, 5) is 34.3. The molecule has 4 bridgehead atoms. The number of hydrogen-bond donors (Lipinski definition) is 4. The molecule has 8 aromatic carbocycles. The molecule has 4 saturated carbocycles. The van der Waals surface area contributed by atoms with E-state index in [4.69, 9.17) is 45.6 Å². The van der Waals surface area contributed by atoms with Crippen LogP contribution in [0.4, 0.5) is 0 Å². The van der Waals surface area contributed by atoms with Crippen LogP contribution < -0.4 is 0 Å². The van der Waals surface area contributed by atoms with Gasteiger partial charge < -0.3 is 19.9 Å². The predicted molar refractivity (Wildman–Crippen MR) is 312 cm³/mol. The Bertz CT molecular complexity index is 3980. The van der Waals surface area contributed by atoms with Gasteiger partial charge in [-0.25, -0.2) is 19.9 Å². The van der Waals surface area contributed by atoms with Crippen LogP contribution in [0.5, 0.6) is 0 Å². The first-order valence-electron chi connectivity index (χ1n) is 26.4. The number of imidazole rings is 4. The standard InChI is InChI=1S/C70H48N8/c1-5-43-9-29-55-59(33-43)75-63(71-55)47-13-21-51(22-14-47)67-37-68(52-23-15-48(16-24-52)64-72-56-30-10-44(6-2)34-60(56)76-64)40-69(38-67,53-25-17-49(18-26-53)65-73-57-31-11-45(7-3)35-61(57)77-65)42-70(39-67,41-68)54-27-19-50(20-28-54)66-74-58-32-12-46(8-4)36-62(58)78-66/h1-4,9-36H,37-42H2,(H,71,75)(H,72,76)(H,73,77)(H,74,78). The maximum Gasteiger partial charge on any atom is 0.138 e. The average Bonchev–Trinajstić information content (AvgIpc) is 2.66. The number of aromatic amines is 4. The fourth-order valence-corrected chi connectivity index (χ4v) is 14.7. The molecule has 8 nitrogen and oxygen atoms in total. The second-order valence-corrected chi connectivity index (χ2v) is 22.3. The molecule has 0 radical (unpaired) electrons. The second kappa shape index (κ2) is 16.7. The van der Waals surface area contributed by atoms with E-state index in [9.17, 15) is 0 Å². The van der Waals surface area contributed by atoms with Gasteiger partial charge in [0, 0.05) is 44.5 Å². The summed E-state index contributed by atoms with van der Waals surface area (Å²) in [7, 11) is 0. The Morgan fingerprint density at radius 1 is 0.282 bits per heavy atom. The van der Waals surface area contributed by atoms with Crippen molar-refractivity contribution in [3.63, 3.8) is 0 Å². The number of hydrogen-bond acceptors (Lipinski definition) is 4. The van der Waals surface area contributed by atoms with Crippen LogP contribution in [0.3, 0.4) is 0 Å². The van der Waals surface area contributed by atoms with Crippen molar-refractivity contribution in [1.29, 1.82) is 0 Å². The van der Waals surface area contributed by atoms with Gasteiger partial charge in [-0.1, -0.05) is 121 Å². The topological polar surface area (TPSA) is 115 Å². The van der Waals surface area contributed by atoms with E-state index in [1.54, 1.807) is 0 Å². The quantitative estimate of drug-likeness (QED) is 0.114. The van der Waals surface area contributed by atoms with Crippen LogP contribution in [0, 0.1) is 49.4 Å². The minimum Gasteiger partial charge on any atom is -0.338 e. The van der Waals surface area contributed by atoms with Crippen LogP contribution in [0.1, 0.15) is 83.0 Å². The molecule has 4 N–H and O–H groups in total. The molecule has 368 valence electrons. The van der Waals surface area contributed by atoms with E-state index in [2.05, 4.69) is 141 Å². The monoisotopic (exact) mass is 1000 g/mol. The van der Waals surface area contributed by atoms with Crippen molar-refractivity contribution in [2.75, 3.05) is 0 Å². The summed E-state index contributed by atoms with van der Waals surface area (Å²) in [6.45, 7) is 0. The van der Waals surface area contributed by atoms with Crippen molar-refractivity contribution in [2.24, 2.45) is 0 Å². The van der Waals surface area contributed by atoms with Crippen molar-refractivity contribution in [1.82, 2.24) is 39.9 Å². The number of rotatable bonds is 8. The van der Waals surface area contributed by atoms with Crippen molar-refractivity contribution >= 4 is 44.1 Å². The summed E-state index contributed by atoms with van der Waals surface area (Å²) >= 11 is 0. The van der Waals surface area contributed by atoms with Crippen molar-refractivity contribution < 1.29 is 0 Å². The lowest BCUT2D eigenvalue weighted by Gasteiger charge is -2.71. The van der Waals surface area contributed by atoms with Gasteiger partial charge in [0.25, 0.3) is 0 Å². The smallest absolute Gasteiger partial charge is 0.138 e. The Balaban J connectivity index is 0.883. The number of fused-ring (bicyclic) bond motifs is 4. The van der Waals surface area contributed by atoms with E-state index >= 15 is 0 Å². The number of terminal acetylenes is 4. The maximum atomic E-state index is 5.78. The summed E-state index contributed by atoms with van der Waals surface area (Å²) in [5.41, 5.74) is 19.2. The Morgan fingerprint density at radius 3 is 0.679 bits per heavy atom. The predicted octanol–water partition coefficient (Wildman–Crippen LogP) is 14.2. The Morgan fingerprint density at radius 2 is 0.487 bits per heavy atom. The van der Waals surface area contributed by atoms with Gasteiger partial charge in [-0.15, -0.1) is 25.7 Å². The van der Waals surface area contributed by atoms with E-state index in [1.165, 1.54) is 22.3 Å². The molecule has 0 atom stereocenters. The highest BCUT2D eigenvalue weighted by molar-refractivity contribution is 5.84. The zero-order valence-electron chi connectivity index (χ0n) is 42.5. The average molecular weight is 1000 g/mol. The van der Waals surface area contributed by atoms with E-state index in [1.807, 2.05) is 72.8 Å². The third kappa shape index (κ3) is 7.08. The first-order chi connectivity index (χ1) is 38.1. The molecule has 12 aromatic rings. The maximum absolute atomic E-state index is 5.78. The molecule has 0 amide bonds. The summed E-state index contributed by atoms with van der Waals surface area (Å²) in [6.07, 6.45) is 29.2. The summed E-state index contributed by atoms with van der Waals surface area (Å²) in [6, 6.07) is 60.9. The van der Waals surface area contributed by atoms with Crippen LogP contribution in [0.25, 0.3) is 89.7 Å². The SMILES string of the molecule is C#Cc1ccc2[nH]c(-c3ccc(C45CC6(c7ccc(-c8nc9cc(C#C)ccc9[nH]8)cc7)CC(c7ccc(-c8nc9cc(C#C)ccc9[nH]8)cc7)(C4)CC(c4ccc(-c7nc8cc(C#C)ccc8[nH]7)cc4)(C5)C6)cc3)nc2c1. The minimum absolute atomic E-state index is 0.201. The number of aromatic nitrogens is 8. The van der Waals surface area contributed by atoms with Crippen LogP contribution in [-0.4, -0.2) is 39.9 Å². The zero-order valence-corrected chi connectivity index (χ0v) is 42.5. The van der Waals surface area contributed by atoms with Gasteiger partial charge in [0.15, 0.2) is 0 Å². The molecule has 4 aliphatic carbocycles. The van der Waals surface area contributed by atoms with Gasteiger partial charge in [-0.2, -0.15) is 0 Å². The molecule has 16 rings (SSSR count). The fraction of sp³-hybridized carbons (Fsp3) is 0.143. The molecular formula is C70H48N8. The van der Waals surface area contributed by atoms with Gasteiger partial charge in [0.1, 0.15) is 23.3 Å². The summed E-state index contributed by atoms with van der Waals surface area (Å²) in [5, 5.41) is 0. The van der Waals surface area contributed by atoms with Crippen molar-refractivity contribution in [3.05, 3.63) is 214 Å². The molecule has 8 heteroatoms. The number of nitrogens with one attached hydrogen (secondary N) is 4. The van der Waals surface area contributed by atoms with Gasteiger partial charge >= 0.3 is 0 Å². The molecule has 4 heterocycles. The fourth-order valence-electron chi connectivity index (χ4n) is 14.7. The van der Waals surface area contributed by atoms with E-state index in [0.29, 0.717) is 0 Å². The van der Waals surface area contributed by atoms with Crippen LogP contribution >= 0.6 is 0 Å². The van der Waals surface area contributed by atoms with Gasteiger partial charge in [0.05, 0.1) is 44.1 Å². The molecule has 0 spiro atoms. The summed E-state index contributed by atoms with van der Waals surface area (Å²) in [5.74, 6) is 14.3. The third-order valence-corrected chi connectivity index (χ3v) is 17.7. The van der Waals surface area contributed by atoms with E-state index in [-0.39, 0.29) is 21.7 Å². The number of H-pyrrole nitrogens is 4. The Kier molecular flexibility index (Phi) is 9.69. The van der Waals surface area contributed by atoms with Crippen molar-refractivity contribution in [2.45, 2.75) is 60.2 Å². The molecule has 4 aliphatic rings. The lowest BCUT2D eigenvalue weighted by Crippen LogP contribution is -2.67. The van der Waals surface area contributed by atoms with Gasteiger partial charge in [-0.05, 0) is 155 Å². The Hall–Kier alpha value is -10.1. The number of nitrogens with zero attached hydrogens (tertiary/aromatic N) is 4. The highest BCUT2D eigenvalue weighted by Crippen LogP contribution is 2.75. The van der Waals surface area contributed by atoms with Crippen molar-refractivity contribution in [3.8, 4) is 94.9 Å².